The first kappa shape index (κ1) is 25.3. The van der Waals surface area contributed by atoms with Gasteiger partial charge < -0.3 is 19.3 Å². The summed E-state index contributed by atoms with van der Waals surface area (Å²) in [7, 11) is 1.51. The van der Waals surface area contributed by atoms with Crippen LogP contribution in [0.1, 0.15) is 18.1 Å². The number of carbonyl (C=O) groups excluding carboxylic acids is 2. The van der Waals surface area contributed by atoms with E-state index in [4.69, 9.17) is 14.2 Å². The lowest BCUT2D eigenvalue weighted by molar-refractivity contribution is -0.141. The molecular formula is C28H27NO6S. The summed E-state index contributed by atoms with van der Waals surface area (Å²) in [6.07, 6.45) is -1.88. The number of anilines is 1. The van der Waals surface area contributed by atoms with Crippen molar-refractivity contribution in [3.8, 4) is 5.75 Å². The van der Waals surface area contributed by atoms with Crippen LogP contribution in [-0.2, 0) is 19.0 Å². The van der Waals surface area contributed by atoms with Crippen LogP contribution >= 0.6 is 12.6 Å². The topological polar surface area (TPSA) is 94.1 Å². The first-order valence-electron chi connectivity index (χ1n) is 11.5. The first-order chi connectivity index (χ1) is 17.5. The summed E-state index contributed by atoms with van der Waals surface area (Å²) in [5, 5.41) is 16.4. The molecule has 0 radical (unpaired) electrons. The maximum absolute atomic E-state index is 13.2. The third kappa shape index (κ3) is 5.72. The molecule has 2 atom stereocenters. The number of aromatic hydroxyl groups is 1. The van der Waals surface area contributed by atoms with E-state index in [-0.39, 0.29) is 24.5 Å². The number of amides is 1. The number of phenols is 1. The molecule has 0 saturated carbocycles. The van der Waals surface area contributed by atoms with Gasteiger partial charge in [-0.25, -0.2) is 4.79 Å². The van der Waals surface area contributed by atoms with Gasteiger partial charge in [0.05, 0.1) is 18.0 Å². The number of thiol groups is 1. The van der Waals surface area contributed by atoms with E-state index in [0.717, 1.165) is 16.2 Å². The number of carbonyl (C=O) groups is 2. The maximum atomic E-state index is 13.2. The Labute approximate surface area is 214 Å². The van der Waals surface area contributed by atoms with Crippen LogP contribution in [0.15, 0.2) is 78.9 Å². The fraction of sp³-hybridized carbons (Fsp3) is 0.214. The third-order valence-electron chi connectivity index (χ3n) is 5.94. The Morgan fingerprint density at radius 2 is 1.61 bits per heavy atom. The molecule has 0 aliphatic rings. The van der Waals surface area contributed by atoms with Gasteiger partial charge in [0.2, 0.25) is 0 Å². The normalized spacial score (nSPS) is 12.7. The zero-order chi connectivity index (χ0) is 25.5. The molecule has 0 heterocycles. The minimum Gasteiger partial charge on any atom is -0.507 e. The second-order valence-corrected chi connectivity index (χ2v) is 8.45. The molecule has 0 spiro atoms. The van der Waals surface area contributed by atoms with Gasteiger partial charge in [-0.15, -0.1) is 0 Å². The highest BCUT2D eigenvalue weighted by Gasteiger charge is 2.29. The minimum absolute atomic E-state index is 0.0341. The molecule has 0 saturated heterocycles. The molecule has 7 nitrogen and oxygen atoms in total. The van der Waals surface area contributed by atoms with E-state index in [9.17, 15) is 14.7 Å². The summed E-state index contributed by atoms with van der Waals surface area (Å²) in [4.78, 5) is 24.7. The quantitative estimate of drug-likeness (QED) is 0.195. The lowest BCUT2D eigenvalue weighted by atomic mass is 9.95. The number of methoxy groups -OCH3 is 1. The van der Waals surface area contributed by atoms with Crippen LogP contribution in [0.5, 0.6) is 5.75 Å². The van der Waals surface area contributed by atoms with Crippen LogP contribution in [-0.4, -0.2) is 42.7 Å². The van der Waals surface area contributed by atoms with Gasteiger partial charge in [-0.05, 0) is 22.9 Å². The Morgan fingerprint density at radius 1 is 0.917 bits per heavy atom. The number of benzene rings is 4. The van der Waals surface area contributed by atoms with Crippen LogP contribution in [0.4, 0.5) is 10.5 Å². The maximum Gasteiger partial charge on any atom is 0.412 e. The Balaban J connectivity index is 1.65. The number of phenolic OH excluding ortho intramolecular Hbond substituents is 1. The molecule has 8 heteroatoms. The lowest BCUT2D eigenvalue weighted by Gasteiger charge is -2.27. The Kier molecular flexibility index (Phi) is 8.30. The summed E-state index contributed by atoms with van der Waals surface area (Å²) in [5.41, 5.74) is 1.27. The highest BCUT2D eigenvalue weighted by molar-refractivity contribution is 7.81. The Hall–Kier alpha value is -3.75. The fourth-order valence-electron chi connectivity index (χ4n) is 4.21. The highest BCUT2D eigenvalue weighted by Crippen LogP contribution is 2.36. The van der Waals surface area contributed by atoms with E-state index in [2.05, 4.69) is 17.9 Å². The summed E-state index contributed by atoms with van der Waals surface area (Å²) < 4.78 is 16.8. The average Bonchev–Trinajstić information content (AvgIpc) is 2.91. The van der Waals surface area contributed by atoms with E-state index < -0.39 is 24.3 Å². The largest absolute Gasteiger partial charge is 0.507 e. The molecule has 0 aromatic heterocycles. The zero-order valence-electron chi connectivity index (χ0n) is 19.7. The van der Waals surface area contributed by atoms with Gasteiger partial charge in [0.15, 0.2) is 6.10 Å². The molecule has 4 aromatic rings. The van der Waals surface area contributed by atoms with Crippen molar-refractivity contribution in [3.63, 3.8) is 0 Å². The predicted molar refractivity (Wildman–Crippen MR) is 143 cm³/mol. The van der Waals surface area contributed by atoms with Gasteiger partial charge in [-0.1, -0.05) is 66.7 Å². The summed E-state index contributed by atoms with van der Waals surface area (Å²) in [5.74, 6) is -0.368. The van der Waals surface area contributed by atoms with E-state index in [0.29, 0.717) is 16.6 Å². The van der Waals surface area contributed by atoms with Gasteiger partial charge in [0, 0.05) is 29.9 Å². The van der Waals surface area contributed by atoms with Crippen LogP contribution in [0.2, 0.25) is 0 Å². The van der Waals surface area contributed by atoms with Crippen LogP contribution in [0, 0.1) is 0 Å². The molecule has 0 fully saturated rings. The molecular weight excluding hydrogens is 478 g/mol. The van der Waals surface area contributed by atoms with Crippen molar-refractivity contribution in [2.45, 2.75) is 18.6 Å². The van der Waals surface area contributed by atoms with E-state index in [1.165, 1.54) is 7.11 Å². The zero-order valence-corrected chi connectivity index (χ0v) is 20.6. The van der Waals surface area contributed by atoms with Crippen LogP contribution in [0.3, 0.4) is 0 Å². The molecule has 0 aliphatic heterocycles. The van der Waals surface area contributed by atoms with E-state index in [1.54, 1.807) is 24.3 Å². The average molecular weight is 506 g/mol. The van der Waals surface area contributed by atoms with Crippen molar-refractivity contribution in [2.75, 3.05) is 24.8 Å². The SMILES string of the molecule is CO[C@@H](CCOC(=O)CS)[C@@H](OC(=O)Nc1cccc2ccccc12)c1ccc(O)c2ccccc12. The second kappa shape index (κ2) is 11.8. The van der Waals surface area contributed by atoms with Crippen LogP contribution < -0.4 is 5.32 Å². The standard InChI is InChI=1S/C28H27NO6S/c1-33-25(15-16-34-26(31)17-36)27(22-13-14-24(30)21-11-5-4-10-20(21)22)35-28(32)29-23-12-6-8-18-7-2-3-9-19(18)23/h2-14,25,27,30,36H,15-17H2,1H3,(H,29,32)/t25-,27-/m0/s1. The van der Waals surface area contributed by atoms with Crippen molar-refractivity contribution in [1.82, 2.24) is 0 Å². The smallest absolute Gasteiger partial charge is 0.412 e. The number of fused-ring (bicyclic) bond motifs is 2. The summed E-state index contributed by atoms with van der Waals surface area (Å²) >= 11 is 3.92. The number of rotatable bonds is 9. The number of nitrogens with one attached hydrogen (secondary N) is 1. The molecule has 0 unspecified atom stereocenters. The van der Waals surface area contributed by atoms with Crippen molar-refractivity contribution >= 4 is 51.9 Å². The Bertz CT molecular complexity index is 1370. The van der Waals surface area contributed by atoms with Crippen molar-refractivity contribution < 1.29 is 28.9 Å². The number of hydrogen-bond acceptors (Lipinski definition) is 7. The second-order valence-electron chi connectivity index (χ2n) is 8.14. The number of hydrogen-bond donors (Lipinski definition) is 3. The molecule has 0 bridgehead atoms. The van der Waals surface area contributed by atoms with Gasteiger partial charge >= 0.3 is 12.1 Å². The van der Waals surface area contributed by atoms with Crippen molar-refractivity contribution in [3.05, 3.63) is 84.4 Å². The molecule has 1 amide bonds. The lowest BCUT2D eigenvalue weighted by Crippen LogP contribution is -2.29. The summed E-state index contributed by atoms with van der Waals surface area (Å²) in [6.45, 7) is 0.0682. The minimum atomic E-state index is -0.856. The first-order valence-corrected chi connectivity index (χ1v) is 12.1. The molecule has 186 valence electrons. The number of ether oxygens (including phenoxy) is 3. The summed E-state index contributed by atoms with van der Waals surface area (Å²) in [6, 6.07) is 23.9. The molecule has 0 aliphatic carbocycles. The highest BCUT2D eigenvalue weighted by atomic mass is 32.1. The fourth-order valence-corrected chi connectivity index (χ4v) is 4.30. The van der Waals surface area contributed by atoms with Gasteiger partial charge in [0.25, 0.3) is 0 Å². The van der Waals surface area contributed by atoms with Gasteiger partial charge in [-0.3, -0.25) is 10.1 Å². The van der Waals surface area contributed by atoms with Crippen molar-refractivity contribution in [2.24, 2.45) is 0 Å². The van der Waals surface area contributed by atoms with Crippen molar-refractivity contribution in [1.29, 1.82) is 0 Å². The molecule has 4 rings (SSSR count). The predicted octanol–water partition coefficient (Wildman–Crippen LogP) is 5.87. The monoisotopic (exact) mass is 505 g/mol. The number of esters is 1. The van der Waals surface area contributed by atoms with Gasteiger partial charge in [-0.2, -0.15) is 12.6 Å². The molecule has 36 heavy (non-hydrogen) atoms. The third-order valence-corrected chi connectivity index (χ3v) is 6.19. The van der Waals surface area contributed by atoms with E-state index in [1.807, 2.05) is 54.6 Å². The van der Waals surface area contributed by atoms with Crippen LogP contribution in [0.25, 0.3) is 21.5 Å². The molecule has 2 N–H and O–H groups in total. The van der Waals surface area contributed by atoms with E-state index >= 15 is 0 Å². The molecule has 4 aromatic carbocycles. The van der Waals surface area contributed by atoms with Gasteiger partial charge in [0.1, 0.15) is 11.9 Å². The Morgan fingerprint density at radius 3 is 2.36 bits per heavy atom.